The number of benzene rings is 2. The molecule has 8 nitrogen and oxygen atoms in total. The Morgan fingerprint density at radius 1 is 1.14 bits per heavy atom. The van der Waals surface area contributed by atoms with E-state index in [0.717, 1.165) is 71.0 Å². The molecule has 4 fully saturated rings. The molecule has 2 aliphatic heterocycles. The van der Waals surface area contributed by atoms with Crippen LogP contribution >= 0.6 is 34.5 Å². The van der Waals surface area contributed by atoms with Gasteiger partial charge in [-0.25, -0.2) is 9.78 Å². The van der Waals surface area contributed by atoms with Crippen LogP contribution in [0.1, 0.15) is 65.6 Å². The van der Waals surface area contributed by atoms with Crippen LogP contribution in [0.2, 0.25) is 10.0 Å². The van der Waals surface area contributed by atoms with Crippen LogP contribution < -0.4 is 9.64 Å². The van der Waals surface area contributed by atoms with Crippen molar-refractivity contribution >= 4 is 55.9 Å². The van der Waals surface area contributed by atoms with E-state index in [1.165, 1.54) is 12.7 Å². The summed E-state index contributed by atoms with van der Waals surface area (Å²) >= 11 is 14.9. The van der Waals surface area contributed by atoms with Crippen molar-refractivity contribution in [3.63, 3.8) is 0 Å². The molecule has 0 spiro atoms. The number of esters is 1. The van der Waals surface area contributed by atoms with Crippen LogP contribution in [0, 0.1) is 5.92 Å². The van der Waals surface area contributed by atoms with Crippen LogP contribution in [-0.2, 0) is 9.47 Å². The molecule has 2 aromatic heterocycles. The molecule has 8 rings (SSSR count). The molecule has 2 saturated carbocycles. The van der Waals surface area contributed by atoms with E-state index in [0.29, 0.717) is 58.4 Å². The number of hydrogen-bond acceptors (Lipinski definition) is 9. The minimum Gasteiger partial charge on any atom is -0.486 e. The molecule has 2 aromatic carbocycles. The molecule has 42 heavy (non-hydrogen) atoms. The smallest absolute Gasteiger partial charge is 0.338 e. The number of anilines is 1. The molecule has 218 valence electrons. The van der Waals surface area contributed by atoms with Gasteiger partial charge in [0.15, 0.2) is 5.13 Å². The van der Waals surface area contributed by atoms with Crippen LogP contribution in [0.5, 0.6) is 5.75 Å². The summed E-state index contributed by atoms with van der Waals surface area (Å²) in [5, 5.41) is 6.69. The Bertz CT molecular complexity index is 1670. The zero-order chi connectivity index (χ0) is 28.5. The summed E-state index contributed by atoms with van der Waals surface area (Å²) in [6, 6.07) is 9.51. The van der Waals surface area contributed by atoms with Gasteiger partial charge in [-0.1, -0.05) is 45.8 Å². The number of methoxy groups -OCH3 is 1. The summed E-state index contributed by atoms with van der Waals surface area (Å²) in [4.78, 5) is 20.0. The number of fused-ring (bicyclic) bond motifs is 3. The zero-order valence-electron chi connectivity index (χ0n) is 23.0. The van der Waals surface area contributed by atoms with Gasteiger partial charge >= 0.3 is 5.97 Å². The predicted octanol–water partition coefficient (Wildman–Crippen LogP) is 7.47. The van der Waals surface area contributed by atoms with E-state index in [2.05, 4.69) is 10.1 Å². The predicted molar refractivity (Wildman–Crippen MR) is 161 cm³/mol. The fourth-order valence-corrected chi connectivity index (χ4v) is 8.65. The molecule has 11 heteroatoms. The molecule has 0 radical (unpaired) electrons. The fourth-order valence-electron chi connectivity index (χ4n) is 6.97. The number of piperidine rings is 1. The third-order valence-corrected chi connectivity index (χ3v) is 10.8. The normalized spacial score (nSPS) is 25.1. The van der Waals surface area contributed by atoms with Gasteiger partial charge in [-0.2, -0.15) is 0 Å². The lowest BCUT2D eigenvalue weighted by Crippen LogP contribution is -2.34. The number of rotatable bonds is 7. The summed E-state index contributed by atoms with van der Waals surface area (Å²) in [5.41, 5.74) is 3.99. The van der Waals surface area contributed by atoms with Crippen LogP contribution in [0.15, 0.2) is 34.9 Å². The summed E-state index contributed by atoms with van der Waals surface area (Å²) < 4.78 is 23.7. The summed E-state index contributed by atoms with van der Waals surface area (Å²) in [5.74, 6) is 2.39. The second-order valence-corrected chi connectivity index (χ2v) is 13.6. The molecule has 2 bridgehead atoms. The third kappa shape index (κ3) is 4.48. The van der Waals surface area contributed by atoms with Crippen LogP contribution in [0.4, 0.5) is 5.13 Å². The third-order valence-electron chi connectivity index (χ3n) is 9.11. The Kier molecular flexibility index (Phi) is 6.63. The van der Waals surface area contributed by atoms with Gasteiger partial charge in [0.2, 0.25) is 0 Å². The Hall–Kier alpha value is -2.85. The van der Waals surface area contributed by atoms with Gasteiger partial charge in [0, 0.05) is 36.1 Å². The topological polar surface area (TPSA) is 86.9 Å². The highest BCUT2D eigenvalue weighted by Gasteiger charge is 2.50. The second-order valence-electron chi connectivity index (χ2n) is 11.7. The number of ether oxygens (including phenoxy) is 3. The Balaban J connectivity index is 1.11. The Morgan fingerprint density at radius 2 is 1.98 bits per heavy atom. The maximum atomic E-state index is 12.5. The molecule has 4 atom stereocenters. The highest BCUT2D eigenvalue weighted by Crippen LogP contribution is 2.56. The van der Waals surface area contributed by atoms with Gasteiger partial charge in [0.25, 0.3) is 0 Å². The first-order chi connectivity index (χ1) is 20.5. The second kappa shape index (κ2) is 10.4. The molecule has 0 unspecified atom stereocenters. The highest BCUT2D eigenvalue weighted by atomic mass is 35.5. The molecule has 2 saturated heterocycles. The van der Waals surface area contributed by atoms with Crippen molar-refractivity contribution in [1.82, 2.24) is 10.1 Å². The van der Waals surface area contributed by atoms with Crippen molar-refractivity contribution in [3.8, 4) is 17.0 Å². The number of aromatic nitrogens is 2. The van der Waals surface area contributed by atoms with Crippen molar-refractivity contribution in [2.45, 2.75) is 56.1 Å². The highest BCUT2D eigenvalue weighted by molar-refractivity contribution is 7.22. The minimum atomic E-state index is -0.392. The van der Waals surface area contributed by atoms with Crippen molar-refractivity contribution in [1.29, 1.82) is 0 Å². The maximum absolute atomic E-state index is 12.5. The number of carbonyl (C=O) groups is 1. The molecule has 0 amide bonds. The summed E-state index contributed by atoms with van der Waals surface area (Å²) in [6.45, 7) is 2.09. The van der Waals surface area contributed by atoms with Gasteiger partial charge in [0.1, 0.15) is 28.8 Å². The van der Waals surface area contributed by atoms with E-state index in [-0.39, 0.29) is 6.10 Å². The molecular weight excluding hydrogens is 597 g/mol. The summed E-state index contributed by atoms with van der Waals surface area (Å²) in [6.07, 6.45) is 5.06. The van der Waals surface area contributed by atoms with Crippen LogP contribution in [0.25, 0.3) is 21.5 Å². The number of thiazole rings is 1. The average molecular weight is 627 g/mol. The van der Waals surface area contributed by atoms with Crippen molar-refractivity contribution < 1.29 is 23.5 Å². The van der Waals surface area contributed by atoms with Crippen molar-refractivity contribution in [3.05, 3.63) is 57.3 Å². The van der Waals surface area contributed by atoms with E-state index >= 15 is 0 Å². The number of hydrogen-bond donors (Lipinski definition) is 0. The molecule has 4 aromatic rings. The first kappa shape index (κ1) is 26.8. The van der Waals surface area contributed by atoms with E-state index in [1.807, 2.05) is 24.3 Å². The molecule has 0 N–H and O–H groups in total. The molecule has 4 heterocycles. The summed E-state index contributed by atoms with van der Waals surface area (Å²) in [7, 11) is 1.39. The van der Waals surface area contributed by atoms with E-state index in [4.69, 9.17) is 46.9 Å². The van der Waals surface area contributed by atoms with Crippen LogP contribution in [0.3, 0.4) is 0 Å². The quantitative estimate of drug-likeness (QED) is 0.195. The SMILES string of the molecule is COC(=O)c1cc(O[C@H]2CCOC2)c2nc(N3C[C@H]4C[C@@H]3C[C@H]4c3c(-c4c(Cl)cccc4Cl)noc3C3CC3)sc2c1. The van der Waals surface area contributed by atoms with Crippen molar-refractivity contribution in [2.75, 3.05) is 31.8 Å². The Morgan fingerprint density at radius 3 is 2.67 bits per heavy atom. The van der Waals surface area contributed by atoms with Gasteiger partial charge in [-0.3, -0.25) is 0 Å². The monoisotopic (exact) mass is 625 g/mol. The van der Waals surface area contributed by atoms with Gasteiger partial charge in [-0.15, -0.1) is 0 Å². The van der Waals surface area contributed by atoms with Gasteiger partial charge in [-0.05, 0) is 61.8 Å². The van der Waals surface area contributed by atoms with Gasteiger partial charge in [0.05, 0.1) is 40.6 Å². The maximum Gasteiger partial charge on any atom is 0.338 e. The minimum absolute atomic E-state index is 0.0557. The Labute approximate surface area is 256 Å². The van der Waals surface area contributed by atoms with Crippen LogP contribution in [-0.4, -0.2) is 55.1 Å². The lowest BCUT2D eigenvalue weighted by atomic mass is 9.84. The lowest BCUT2D eigenvalue weighted by Gasteiger charge is -2.31. The lowest BCUT2D eigenvalue weighted by molar-refractivity contribution is 0.0600. The first-order valence-corrected chi connectivity index (χ1v) is 16.0. The first-order valence-electron chi connectivity index (χ1n) is 14.5. The van der Waals surface area contributed by atoms with E-state index in [9.17, 15) is 4.79 Å². The average Bonchev–Trinajstić information content (AvgIpc) is 3.49. The van der Waals surface area contributed by atoms with Gasteiger partial charge < -0.3 is 23.6 Å². The number of halogens is 2. The van der Waals surface area contributed by atoms with Crippen molar-refractivity contribution in [2.24, 2.45) is 5.92 Å². The van der Waals surface area contributed by atoms with E-state index < -0.39 is 5.97 Å². The number of carbonyl (C=O) groups excluding carboxylic acids is 1. The molecule has 2 aliphatic carbocycles. The molecule has 4 aliphatic rings. The zero-order valence-corrected chi connectivity index (χ0v) is 25.3. The molecular formula is C31H29Cl2N3O5S. The fraction of sp³-hybridized carbons (Fsp3) is 0.452. The number of nitrogens with zero attached hydrogens (tertiary/aromatic N) is 3. The van der Waals surface area contributed by atoms with E-state index in [1.54, 1.807) is 17.4 Å². The standard InChI is InChI=1S/C31H29Cl2N3O5S/c1-38-30(37)16-10-23(40-19-7-8-39-14-19)27-24(11-16)42-31(34-27)36-13-17-9-18(36)12-20(17)25-28(35-41-29(25)15-5-6-15)26-21(32)3-2-4-22(26)33/h2-4,10-11,15,17-20H,5-9,12-14H2,1H3/t17-,18-,19+,20-/m1/s1. The largest absolute Gasteiger partial charge is 0.486 e.